The molecule has 1 unspecified atom stereocenters. The first-order valence-electron chi connectivity index (χ1n) is 5.92. The van der Waals surface area contributed by atoms with Gasteiger partial charge in [0.1, 0.15) is 0 Å². The van der Waals surface area contributed by atoms with Gasteiger partial charge in [-0.25, -0.2) is 9.59 Å². The van der Waals surface area contributed by atoms with Crippen LogP contribution in [-0.2, 0) is 10.1 Å². The summed E-state index contributed by atoms with van der Waals surface area (Å²) in [6.45, 7) is 2.20. The minimum atomic E-state index is -4.64. The van der Waals surface area contributed by atoms with Crippen LogP contribution >= 0.6 is 9.24 Å². The second-order valence-electron chi connectivity index (χ2n) is 3.97. The standard InChI is InChI=1S/C8H6O7S.C4H11P/c9-7(10)4-1-5(8(11)12)3-6(2-4)16(13,14)15;1-2-3-4-5/h1-3H,(H,9,10)(H,11,12)(H,13,14,15);2-5H2,1H3. The number of unbranched alkanes of at least 4 members (excludes halogenated alkanes) is 1. The van der Waals surface area contributed by atoms with Crippen LogP contribution < -0.4 is 0 Å². The zero-order valence-electron chi connectivity index (χ0n) is 11.3. The lowest BCUT2D eigenvalue weighted by Crippen LogP contribution is -2.07. The summed E-state index contributed by atoms with van der Waals surface area (Å²) in [4.78, 5) is 20.4. The fourth-order valence-corrected chi connectivity index (χ4v) is 2.16. The van der Waals surface area contributed by atoms with Gasteiger partial charge in [-0.15, -0.1) is 9.24 Å². The third-order valence-electron chi connectivity index (χ3n) is 2.26. The SMILES string of the molecule is CCCCP.O=C(O)c1cc(C(=O)O)cc(S(=O)(=O)O)c1. The van der Waals surface area contributed by atoms with Crippen molar-refractivity contribution >= 4 is 31.3 Å². The van der Waals surface area contributed by atoms with E-state index in [0.717, 1.165) is 6.07 Å². The van der Waals surface area contributed by atoms with Crippen molar-refractivity contribution in [2.75, 3.05) is 6.16 Å². The average Bonchev–Trinajstić information content (AvgIpc) is 2.38. The molecule has 0 aromatic heterocycles. The Morgan fingerprint density at radius 2 is 1.52 bits per heavy atom. The number of carboxylic acid groups (broad SMARTS) is 2. The normalized spacial score (nSPS) is 10.4. The maximum absolute atomic E-state index is 10.8. The van der Waals surface area contributed by atoms with E-state index in [9.17, 15) is 18.0 Å². The highest BCUT2D eigenvalue weighted by Gasteiger charge is 2.17. The average molecular weight is 336 g/mol. The number of rotatable bonds is 5. The van der Waals surface area contributed by atoms with Gasteiger partial charge in [-0.05, 0) is 24.4 Å². The molecule has 7 nitrogen and oxygen atoms in total. The zero-order chi connectivity index (χ0) is 16.6. The van der Waals surface area contributed by atoms with E-state index in [0.29, 0.717) is 12.1 Å². The molecule has 0 spiro atoms. The minimum absolute atomic E-state index is 0.535. The van der Waals surface area contributed by atoms with Gasteiger partial charge in [0.15, 0.2) is 0 Å². The van der Waals surface area contributed by atoms with Crippen molar-refractivity contribution in [2.45, 2.75) is 24.7 Å². The maximum Gasteiger partial charge on any atom is 0.335 e. The molecule has 1 atom stereocenters. The van der Waals surface area contributed by atoms with E-state index in [-0.39, 0.29) is 0 Å². The topological polar surface area (TPSA) is 129 Å². The summed E-state index contributed by atoms with van der Waals surface area (Å²) < 4.78 is 30.2. The van der Waals surface area contributed by atoms with E-state index in [2.05, 4.69) is 16.2 Å². The van der Waals surface area contributed by atoms with E-state index < -0.39 is 38.1 Å². The molecule has 9 heteroatoms. The highest BCUT2D eigenvalue weighted by atomic mass is 32.2. The summed E-state index contributed by atoms with van der Waals surface area (Å²) >= 11 is 0. The molecule has 21 heavy (non-hydrogen) atoms. The van der Waals surface area contributed by atoms with E-state index in [1.54, 1.807) is 0 Å². The second-order valence-corrected chi connectivity index (χ2v) is 5.97. The predicted molar refractivity (Wildman–Crippen MR) is 79.7 cm³/mol. The molecule has 0 heterocycles. The van der Waals surface area contributed by atoms with Gasteiger partial charge in [0.2, 0.25) is 0 Å². The van der Waals surface area contributed by atoms with Gasteiger partial charge in [0.25, 0.3) is 10.1 Å². The Balaban J connectivity index is 0.000000690. The summed E-state index contributed by atoms with van der Waals surface area (Å²) in [5.74, 6) is -2.99. The molecule has 0 aliphatic rings. The molecule has 0 amide bonds. The summed E-state index contributed by atoms with van der Waals surface area (Å²) in [6.07, 6.45) is 3.94. The molecule has 0 bridgehead atoms. The van der Waals surface area contributed by atoms with Gasteiger partial charge in [-0.1, -0.05) is 19.8 Å². The third kappa shape index (κ3) is 7.17. The van der Waals surface area contributed by atoms with Gasteiger partial charge < -0.3 is 10.2 Å². The number of aromatic carboxylic acids is 2. The van der Waals surface area contributed by atoms with Crippen LogP contribution in [0.2, 0.25) is 0 Å². The van der Waals surface area contributed by atoms with Crippen molar-refractivity contribution in [3.63, 3.8) is 0 Å². The number of benzene rings is 1. The molecule has 3 N–H and O–H groups in total. The highest BCUT2D eigenvalue weighted by Crippen LogP contribution is 2.15. The fraction of sp³-hybridized carbons (Fsp3) is 0.333. The third-order valence-corrected chi connectivity index (χ3v) is 3.50. The summed E-state index contributed by atoms with van der Waals surface area (Å²) in [7, 11) is -1.94. The Morgan fingerprint density at radius 3 is 1.71 bits per heavy atom. The minimum Gasteiger partial charge on any atom is -0.478 e. The molecule has 0 fully saturated rings. The first-order chi connectivity index (χ1) is 9.63. The van der Waals surface area contributed by atoms with Crippen LogP contribution in [0, 0.1) is 0 Å². The Bertz CT molecular complexity index is 576. The van der Waals surface area contributed by atoms with Crippen molar-refractivity contribution in [3.8, 4) is 0 Å². The fourth-order valence-electron chi connectivity index (χ4n) is 1.20. The van der Waals surface area contributed by atoms with Gasteiger partial charge in [0.05, 0.1) is 16.0 Å². The lowest BCUT2D eigenvalue weighted by Gasteiger charge is -2.02. The lowest BCUT2D eigenvalue weighted by atomic mass is 10.1. The van der Waals surface area contributed by atoms with Crippen molar-refractivity contribution in [1.29, 1.82) is 0 Å². The first-order valence-corrected chi connectivity index (χ1v) is 8.18. The Labute approximate surface area is 124 Å². The van der Waals surface area contributed by atoms with Crippen LogP contribution in [0.25, 0.3) is 0 Å². The van der Waals surface area contributed by atoms with Gasteiger partial charge >= 0.3 is 11.9 Å². The van der Waals surface area contributed by atoms with E-state index in [4.69, 9.17) is 14.8 Å². The van der Waals surface area contributed by atoms with Crippen molar-refractivity contribution in [3.05, 3.63) is 29.3 Å². The van der Waals surface area contributed by atoms with Crippen LogP contribution in [0.1, 0.15) is 40.5 Å². The Hall–Kier alpha value is -1.50. The molecular formula is C12H17O7PS. The van der Waals surface area contributed by atoms with Crippen LogP contribution in [0.15, 0.2) is 23.1 Å². The molecular weight excluding hydrogens is 319 g/mol. The van der Waals surface area contributed by atoms with Crippen LogP contribution in [-0.4, -0.2) is 41.3 Å². The molecule has 0 aliphatic heterocycles. The Morgan fingerprint density at radius 1 is 1.10 bits per heavy atom. The quantitative estimate of drug-likeness (QED) is 0.554. The molecule has 0 saturated carbocycles. The molecule has 0 radical (unpaired) electrons. The Kier molecular flexibility index (Phi) is 8.09. The summed E-state index contributed by atoms with van der Waals surface area (Å²) in [6, 6.07) is 2.13. The molecule has 0 aliphatic carbocycles. The highest BCUT2D eigenvalue weighted by molar-refractivity contribution is 7.85. The van der Waals surface area contributed by atoms with Gasteiger partial charge in [-0.3, -0.25) is 4.55 Å². The van der Waals surface area contributed by atoms with Crippen molar-refractivity contribution in [2.24, 2.45) is 0 Å². The van der Waals surface area contributed by atoms with Crippen molar-refractivity contribution < 1.29 is 32.8 Å². The number of carboxylic acids is 2. The van der Waals surface area contributed by atoms with Crippen LogP contribution in [0.4, 0.5) is 0 Å². The molecule has 1 rings (SSSR count). The monoisotopic (exact) mass is 336 g/mol. The summed E-state index contributed by atoms with van der Waals surface area (Å²) in [5.41, 5.74) is -1.07. The lowest BCUT2D eigenvalue weighted by molar-refractivity contribution is 0.0696. The molecule has 118 valence electrons. The van der Waals surface area contributed by atoms with E-state index in [1.807, 2.05) is 0 Å². The number of hydrogen-bond donors (Lipinski definition) is 3. The zero-order valence-corrected chi connectivity index (χ0v) is 13.3. The molecule has 1 aromatic carbocycles. The largest absolute Gasteiger partial charge is 0.478 e. The predicted octanol–water partition coefficient (Wildman–Crippen LogP) is 1.99. The van der Waals surface area contributed by atoms with Gasteiger partial charge in [0, 0.05) is 0 Å². The molecule has 1 aromatic rings. The number of hydrogen-bond acceptors (Lipinski definition) is 4. The van der Waals surface area contributed by atoms with Gasteiger partial charge in [-0.2, -0.15) is 8.42 Å². The second kappa shape index (κ2) is 8.71. The number of carbonyl (C=O) groups is 2. The first kappa shape index (κ1) is 19.5. The maximum atomic E-state index is 10.8. The molecule has 0 saturated heterocycles. The van der Waals surface area contributed by atoms with E-state index >= 15 is 0 Å². The van der Waals surface area contributed by atoms with E-state index in [1.165, 1.54) is 19.0 Å². The van der Waals surface area contributed by atoms with Crippen LogP contribution in [0.3, 0.4) is 0 Å². The summed E-state index contributed by atoms with van der Waals surface area (Å²) in [5, 5.41) is 17.2. The smallest absolute Gasteiger partial charge is 0.335 e. The van der Waals surface area contributed by atoms with Crippen molar-refractivity contribution in [1.82, 2.24) is 0 Å². The van der Waals surface area contributed by atoms with Crippen LogP contribution in [0.5, 0.6) is 0 Å².